The van der Waals surface area contributed by atoms with E-state index in [1.54, 1.807) is 0 Å². The summed E-state index contributed by atoms with van der Waals surface area (Å²) in [7, 11) is 0. The van der Waals surface area contributed by atoms with Gasteiger partial charge in [-0.2, -0.15) is 0 Å². The Labute approximate surface area is 128 Å². The fourth-order valence-electron chi connectivity index (χ4n) is 2.24. The van der Waals surface area contributed by atoms with Crippen LogP contribution >= 0.6 is 11.3 Å². The van der Waals surface area contributed by atoms with Crippen LogP contribution in [0.1, 0.15) is 58.0 Å². The Hall–Kier alpha value is -0.610. The van der Waals surface area contributed by atoms with Gasteiger partial charge in [-0.1, -0.05) is 34.6 Å². The zero-order valence-corrected chi connectivity index (χ0v) is 14.6. The van der Waals surface area contributed by atoms with Gasteiger partial charge >= 0.3 is 0 Å². The minimum Gasteiger partial charge on any atom is -0.348 e. The molecule has 0 aliphatic rings. The molecule has 0 saturated heterocycles. The molecule has 0 aliphatic heterocycles. The fourth-order valence-corrected chi connectivity index (χ4v) is 3.41. The van der Waals surface area contributed by atoms with Crippen molar-refractivity contribution < 1.29 is 0 Å². The fraction of sp³-hybridized carbons (Fsp3) is 0.812. The monoisotopic (exact) mass is 297 g/mol. The van der Waals surface area contributed by atoms with Crippen molar-refractivity contribution in [3.8, 4) is 0 Å². The van der Waals surface area contributed by atoms with E-state index < -0.39 is 0 Å². The number of nitrogens with one attached hydrogen (secondary N) is 1. The summed E-state index contributed by atoms with van der Waals surface area (Å²) < 4.78 is 0. The Morgan fingerprint density at radius 3 is 2.30 bits per heavy atom. The van der Waals surface area contributed by atoms with Crippen LogP contribution in [-0.2, 0) is 13.0 Å². The highest BCUT2D eigenvalue weighted by Crippen LogP contribution is 2.27. The zero-order valence-electron chi connectivity index (χ0n) is 13.8. The van der Waals surface area contributed by atoms with Gasteiger partial charge in [0.15, 0.2) is 5.13 Å². The Morgan fingerprint density at radius 1 is 1.15 bits per heavy atom. The topological polar surface area (TPSA) is 28.2 Å². The smallest absolute Gasteiger partial charge is 0.185 e. The van der Waals surface area contributed by atoms with Crippen molar-refractivity contribution in [1.29, 1.82) is 0 Å². The van der Waals surface area contributed by atoms with Crippen LogP contribution in [0.4, 0.5) is 5.13 Å². The van der Waals surface area contributed by atoms with E-state index in [4.69, 9.17) is 4.98 Å². The van der Waals surface area contributed by atoms with Crippen LogP contribution in [0.25, 0.3) is 0 Å². The quantitative estimate of drug-likeness (QED) is 0.705. The number of aromatic nitrogens is 1. The molecule has 1 N–H and O–H groups in total. The van der Waals surface area contributed by atoms with Gasteiger partial charge in [0.1, 0.15) is 0 Å². The van der Waals surface area contributed by atoms with Crippen molar-refractivity contribution in [2.75, 3.05) is 24.5 Å². The predicted octanol–water partition coefficient (Wildman–Crippen LogP) is 4.08. The highest BCUT2D eigenvalue weighted by atomic mass is 32.1. The van der Waals surface area contributed by atoms with Crippen LogP contribution in [0.3, 0.4) is 0 Å². The van der Waals surface area contributed by atoms with Crippen molar-refractivity contribution in [3.05, 3.63) is 10.6 Å². The van der Waals surface area contributed by atoms with E-state index in [1.807, 2.05) is 11.3 Å². The summed E-state index contributed by atoms with van der Waals surface area (Å²) >= 11 is 1.88. The molecule has 1 rings (SSSR count). The average Bonchev–Trinajstić information content (AvgIpc) is 2.81. The summed E-state index contributed by atoms with van der Waals surface area (Å²) in [6, 6.07) is 0. The number of nitrogens with zero attached hydrogens (tertiary/aromatic N) is 2. The normalized spacial score (nSPS) is 11.3. The average molecular weight is 298 g/mol. The third-order valence-corrected chi connectivity index (χ3v) is 4.36. The molecule has 0 atom stereocenters. The lowest BCUT2D eigenvalue weighted by Crippen LogP contribution is -2.24. The molecule has 0 spiro atoms. The van der Waals surface area contributed by atoms with Crippen molar-refractivity contribution in [3.63, 3.8) is 0 Å². The Morgan fingerprint density at radius 2 is 1.80 bits per heavy atom. The van der Waals surface area contributed by atoms with E-state index >= 15 is 0 Å². The molecule has 20 heavy (non-hydrogen) atoms. The van der Waals surface area contributed by atoms with Crippen LogP contribution in [0.15, 0.2) is 0 Å². The first-order chi connectivity index (χ1) is 9.62. The molecular formula is C16H31N3S. The second-order valence-electron chi connectivity index (χ2n) is 5.73. The summed E-state index contributed by atoms with van der Waals surface area (Å²) in [6.45, 7) is 15.4. The molecule has 0 saturated carbocycles. The van der Waals surface area contributed by atoms with Gasteiger partial charge in [0.25, 0.3) is 0 Å². The Bertz CT molecular complexity index is 368. The van der Waals surface area contributed by atoms with Crippen molar-refractivity contribution >= 4 is 16.5 Å². The van der Waals surface area contributed by atoms with Gasteiger partial charge in [-0.25, -0.2) is 4.98 Å². The summed E-state index contributed by atoms with van der Waals surface area (Å²) in [6.07, 6.45) is 3.39. The van der Waals surface area contributed by atoms with Gasteiger partial charge in [0, 0.05) is 24.5 Å². The predicted molar refractivity (Wildman–Crippen MR) is 90.8 cm³/mol. The van der Waals surface area contributed by atoms with Crippen LogP contribution in [0, 0.1) is 5.92 Å². The second-order valence-corrected chi connectivity index (χ2v) is 6.79. The molecule has 0 radical (unpaired) electrons. The minimum absolute atomic E-state index is 0.698. The number of rotatable bonds is 10. The highest BCUT2D eigenvalue weighted by Gasteiger charge is 2.14. The minimum atomic E-state index is 0.698. The van der Waals surface area contributed by atoms with E-state index in [2.05, 4.69) is 44.8 Å². The standard InChI is InChI=1S/C16H31N3S/c1-6-9-19(10-7-2)16-18-14(8-3)15(20-16)12-17-11-13(4)5/h13,17H,6-12H2,1-5H3. The van der Waals surface area contributed by atoms with Crippen molar-refractivity contribution in [2.24, 2.45) is 5.92 Å². The molecule has 4 heteroatoms. The molecule has 3 nitrogen and oxygen atoms in total. The molecule has 0 aromatic carbocycles. The zero-order chi connectivity index (χ0) is 15.0. The number of aryl methyl sites for hydroxylation is 1. The maximum atomic E-state index is 4.87. The number of anilines is 1. The van der Waals surface area contributed by atoms with Gasteiger partial charge in [-0.3, -0.25) is 0 Å². The number of thiazole rings is 1. The van der Waals surface area contributed by atoms with Crippen molar-refractivity contribution in [2.45, 2.75) is 60.4 Å². The molecule has 0 bridgehead atoms. The third-order valence-electron chi connectivity index (χ3n) is 3.20. The Kier molecular flexibility index (Phi) is 8.15. The van der Waals surface area contributed by atoms with Crippen LogP contribution < -0.4 is 10.2 Å². The van der Waals surface area contributed by atoms with E-state index in [0.717, 1.165) is 32.6 Å². The van der Waals surface area contributed by atoms with Crippen molar-refractivity contribution in [1.82, 2.24) is 10.3 Å². The second kappa shape index (κ2) is 9.35. The highest BCUT2D eigenvalue weighted by molar-refractivity contribution is 7.15. The molecule has 1 aromatic rings. The van der Waals surface area contributed by atoms with E-state index in [-0.39, 0.29) is 0 Å². The van der Waals surface area contributed by atoms with Gasteiger partial charge in [0.05, 0.1) is 5.69 Å². The summed E-state index contributed by atoms with van der Waals surface area (Å²) in [5.41, 5.74) is 1.28. The molecule has 0 unspecified atom stereocenters. The lowest BCUT2D eigenvalue weighted by molar-refractivity contribution is 0.553. The van der Waals surface area contributed by atoms with E-state index in [0.29, 0.717) is 5.92 Å². The number of hydrogen-bond donors (Lipinski definition) is 1. The summed E-state index contributed by atoms with van der Waals surface area (Å²) in [4.78, 5) is 8.73. The molecule has 1 heterocycles. The van der Waals surface area contributed by atoms with Gasteiger partial charge < -0.3 is 10.2 Å². The largest absolute Gasteiger partial charge is 0.348 e. The SMILES string of the molecule is CCCN(CCC)c1nc(CC)c(CNCC(C)C)s1. The van der Waals surface area contributed by atoms with Crippen LogP contribution in [0.5, 0.6) is 0 Å². The van der Waals surface area contributed by atoms with Gasteiger partial charge in [-0.05, 0) is 31.7 Å². The van der Waals surface area contributed by atoms with E-state index in [9.17, 15) is 0 Å². The Balaban J connectivity index is 2.75. The summed E-state index contributed by atoms with van der Waals surface area (Å²) in [5.74, 6) is 0.698. The molecule has 1 aromatic heterocycles. The first kappa shape index (κ1) is 17.4. The number of hydrogen-bond acceptors (Lipinski definition) is 4. The maximum absolute atomic E-state index is 4.87. The third kappa shape index (κ3) is 5.41. The van der Waals surface area contributed by atoms with Crippen LogP contribution in [0.2, 0.25) is 0 Å². The lowest BCUT2D eigenvalue weighted by Gasteiger charge is -2.20. The maximum Gasteiger partial charge on any atom is 0.185 e. The first-order valence-corrected chi connectivity index (χ1v) is 8.88. The molecule has 116 valence electrons. The summed E-state index contributed by atoms with van der Waals surface area (Å²) in [5, 5.41) is 4.76. The van der Waals surface area contributed by atoms with Crippen LogP contribution in [-0.4, -0.2) is 24.6 Å². The molecular weight excluding hydrogens is 266 g/mol. The molecule has 0 fully saturated rings. The lowest BCUT2D eigenvalue weighted by atomic mass is 10.2. The van der Waals surface area contributed by atoms with Gasteiger partial charge in [-0.15, -0.1) is 11.3 Å². The van der Waals surface area contributed by atoms with E-state index in [1.165, 1.54) is 28.5 Å². The molecule has 0 aliphatic carbocycles. The van der Waals surface area contributed by atoms with Gasteiger partial charge in [0.2, 0.25) is 0 Å². The first-order valence-electron chi connectivity index (χ1n) is 8.06. The molecule has 0 amide bonds.